The number of rotatable bonds is 6. The molecule has 0 N–H and O–H groups in total. The minimum atomic E-state index is -0.115. The lowest BCUT2D eigenvalue weighted by Gasteiger charge is -2.10. The summed E-state index contributed by atoms with van der Waals surface area (Å²) in [5, 5.41) is 4.22. The normalized spacial score (nSPS) is 10.5. The van der Waals surface area contributed by atoms with Crippen molar-refractivity contribution in [3.05, 3.63) is 41.2 Å². The molecule has 1 heterocycles. The Morgan fingerprint density at radius 2 is 1.95 bits per heavy atom. The van der Waals surface area contributed by atoms with Gasteiger partial charge < -0.3 is 9.47 Å². The van der Waals surface area contributed by atoms with E-state index in [0.717, 1.165) is 12.0 Å². The second-order valence-corrected chi connectivity index (χ2v) is 4.80. The van der Waals surface area contributed by atoms with Gasteiger partial charge in [0.2, 0.25) is 5.78 Å². The van der Waals surface area contributed by atoms with E-state index in [-0.39, 0.29) is 5.78 Å². The zero-order chi connectivity index (χ0) is 15.4. The highest BCUT2D eigenvalue weighted by Crippen LogP contribution is 2.25. The first-order chi connectivity index (χ1) is 10.1. The van der Waals surface area contributed by atoms with Crippen molar-refractivity contribution < 1.29 is 14.3 Å². The Bertz CT molecular complexity index is 647. The van der Waals surface area contributed by atoms with Crippen molar-refractivity contribution in [2.24, 2.45) is 0 Å². The van der Waals surface area contributed by atoms with Crippen LogP contribution >= 0.6 is 0 Å². The Kier molecular flexibility index (Phi) is 4.62. The molecule has 2 rings (SSSR count). The number of hydrogen-bond donors (Lipinski definition) is 0. The summed E-state index contributed by atoms with van der Waals surface area (Å²) in [4.78, 5) is 12.8. The SMILES string of the molecule is CCCn1ncc(OC)c1C(=O)c1ccc(C)c(OC)c1. The van der Waals surface area contributed by atoms with Gasteiger partial charge in [-0.25, -0.2) is 0 Å². The zero-order valence-corrected chi connectivity index (χ0v) is 12.8. The van der Waals surface area contributed by atoms with Crippen LogP contribution in [0.25, 0.3) is 0 Å². The van der Waals surface area contributed by atoms with E-state index in [1.807, 2.05) is 19.9 Å². The molecular weight excluding hydrogens is 268 g/mol. The number of carbonyl (C=O) groups is 1. The van der Waals surface area contributed by atoms with Crippen LogP contribution in [-0.2, 0) is 6.54 Å². The number of methoxy groups -OCH3 is 2. The van der Waals surface area contributed by atoms with Gasteiger partial charge in [0.1, 0.15) is 5.75 Å². The van der Waals surface area contributed by atoms with E-state index in [9.17, 15) is 4.79 Å². The largest absolute Gasteiger partial charge is 0.496 e. The van der Waals surface area contributed by atoms with E-state index in [4.69, 9.17) is 9.47 Å². The first kappa shape index (κ1) is 15.1. The Morgan fingerprint density at radius 1 is 1.24 bits per heavy atom. The standard InChI is InChI=1S/C16H20N2O3/c1-5-8-18-15(14(21-4)10-17-18)16(19)12-7-6-11(2)13(9-12)20-3/h6-7,9-10H,5,8H2,1-4H3. The molecule has 21 heavy (non-hydrogen) atoms. The maximum Gasteiger partial charge on any atom is 0.214 e. The van der Waals surface area contributed by atoms with E-state index in [0.29, 0.717) is 29.3 Å². The predicted molar refractivity (Wildman–Crippen MR) is 80.2 cm³/mol. The molecule has 0 spiro atoms. The van der Waals surface area contributed by atoms with Crippen molar-refractivity contribution in [2.75, 3.05) is 14.2 Å². The van der Waals surface area contributed by atoms with Crippen LogP contribution in [-0.4, -0.2) is 29.8 Å². The molecular formula is C16H20N2O3. The molecule has 0 atom stereocenters. The smallest absolute Gasteiger partial charge is 0.214 e. The monoisotopic (exact) mass is 288 g/mol. The number of benzene rings is 1. The van der Waals surface area contributed by atoms with E-state index in [1.54, 1.807) is 37.2 Å². The average molecular weight is 288 g/mol. The summed E-state index contributed by atoms with van der Waals surface area (Å²) in [6, 6.07) is 5.42. The minimum absolute atomic E-state index is 0.115. The zero-order valence-electron chi connectivity index (χ0n) is 12.8. The van der Waals surface area contributed by atoms with Crippen LogP contribution in [0.5, 0.6) is 11.5 Å². The second-order valence-electron chi connectivity index (χ2n) is 4.80. The van der Waals surface area contributed by atoms with Crippen molar-refractivity contribution in [1.82, 2.24) is 9.78 Å². The Hall–Kier alpha value is -2.30. The van der Waals surface area contributed by atoms with E-state index >= 15 is 0 Å². The van der Waals surface area contributed by atoms with Crippen molar-refractivity contribution in [3.8, 4) is 11.5 Å². The molecule has 112 valence electrons. The van der Waals surface area contributed by atoms with Crippen molar-refractivity contribution in [2.45, 2.75) is 26.8 Å². The summed E-state index contributed by atoms with van der Waals surface area (Å²) in [6.45, 7) is 4.65. The molecule has 0 aliphatic carbocycles. The van der Waals surface area contributed by atoms with Crippen molar-refractivity contribution in [1.29, 1.82) is 0 Å². The Balaban J connectivity index is 2.46. The minimum Gasteiger partial charge on any atom is -0.496 e. The number of nitrogens with zero attached hydrogens (tertiary/aromatic N) is 2. The van der Waals surface area contributed by atoms with Gasteiger partial charge in [-0.2, -0.15) is 5.10 Å². The fourth-order valence-corrected chi connectivity index (χ4v) is 2.23. The van der Waals surface area contributed by atoms with Crippen molar-refractivity contribution >= 4 is 5.78 Å². The summed E-state index contributed by atoms with van der Waals surface area (Å²) in [5.41, 5.74) is 2.03. The summed E-state index contributed by atoms with van der Waals surface area (Å²) >= 11 is 0. The summed E-state index contributed by atoms with van der Waals surface area (Å²) < 4.78 is 12.2. The number of carbonyl (C=O) groups excluding carboxylic acids is 1. The number of ketones is 1. The highest BCUT2D eigenvalue weighted by Gasteiger charge is 2.21. The van der Waals surface area contributed by atoms with E-state index in [1.165, 1.54) is 0 Å². The molecule has 0 fully saturated rings. The molecule has 5 heteroatoms. The maximum absolute atomic E-state index is 12.8. The molecule has 0 saturated heterocycles. The molecule has 0 aliphatic rings. The van der Waals surface area contributed by atoms with Crippen LogP contribution in [0.2, 0.25) is 0 Å². The quantitative estimate of drug-likeness (QED) is 0.767. The molecule has 0 bridgehead atoms. The fraction of sp³-hybridized carbons (Fsp3) is 0.375. The molecule has 1 aromatic carbocycles. The van der Waals surface area contributed by atoms with Gasteiger partial charge in [-0.15, -0.1) is 0 Å². The third-order valence-corrected chi connectivity index (χ3v) is 3.35. The van der Waals surface area contributed by atoms with Gasteiger partial charge in [0.25, 0.3) is 0 Å². The summed E-state index contributed by atoms with van der Waals surface area (Å²) in [7, 11) is 3.14. The van der Waals surface area contributed by atoms with Crippen LogP contribution in [0.4, 0.5) is 0 Å². The molecule has 2 aromatic rings. The van der Waals surface area contributed by atoms with Crippen molar-refractivity contribution in [3.63, 3.8) is 0 Å². The first-order valence-corrected chi connectivity index (χ1v) is 6.91. The number of ether oxygens (including phenoxy) is 2. The van der Waals surface area contributed by atoms with Gasteiger partial charge in [0.05, 0.1) is 20.4 Å². The van der Waals surface area contributed by atoms with Gasteiger partial charge >= 0.3 is 0 Å². The number of aromatic nitrogens is 2. The van der Waals surface area contributed by atoms with Crippen LogP contribution in [0.1, 0.15) is 35.0 Å². The highest BCUT2D eigenvalue weighted by atomic mass is 16.5. The highest BCUT2D eigenvalue weighted by molar-refractivity contribution is 6.09. The molecule has 5 nitrogen and oxygen atoms in total. The van der Waals surface area contributed by atoms with Crippen LogP contribution in [0, 0.1) is 6.92 Å². The van der Waals surface area contributed by atoms with Crippen LogP contribution in [0.3, 0.4) is 0 Å². The number of hydrogen-bond acceptors (Lipinski definition) is 4. The predicted octanol–water partition coefficient (Wildman–Crippen LogP) is 2.85. The van der Waals surface area contributed by atoms with E-state index < -0.39 is 0 Å². The van der Waals surface area contributed by atoms with Gasteiger partial charge in [0.15, 0.2) is 11.4 Å². The van der Waals surface area contributed by atoms with Gasteiger partial charge in [-0.05, 0) is 25.0 Å². The van der Waals surface area contributed by atoms with Crippen LogP contribution in [0.15, 0.2) is 24.4 Å². The third-order valence-electron chi connectivity index (χ3n) is 3.35. The molecule has 0 unspecified atom stereocenters. The molecule has 0 aliphatic heterocycles. The number of aryl methyl sites for hydroxylation is 2. The Morgan fingerprint density at radius 3 is 2.57 bits per heavy atom. The topological polar surface area (TPSA) is 53.4 Å². The lowest BCUT2D eigenvalue weighted by molar-refractivity contribution is 0.102. The van der Waals surface area contributed by atoms with Gasteiger partial charge in [0, 0.05) is 12.1 Å². The third kappa shape index (κ3) is 2.91. The van der Waals surface area contributed by atoms with Crippen LogP contribution < -0.4 is 9.47 Å². The Labute approximate surface area is 124 Å². The fourth-order valence-electron chi connectivity index (χ4n) is 2.23. The molecule has 0 saturated carbocycles. The lowest BCUT2D eigenvalue weighted by Crippen LogP contribution is -2.12. The average Bonchev–Trinajstić information content (AvgIpc) is 2.90. The van der Waals surface area contributed by atoms with Gasteiger partial charge in [-0.1, -0.05) is 19.1 Å². The lowest BCUT2D eigenvalue weighted by atomic mass is 10.0. The summed E-state index contributed by atoms with van der Waals surface area (Å²) in [6.07, 6.45) is 2.47. The van der Waals surface area contributed by atoms with E-state index in [2.05, 4.69) is 5.10 Å². The molecule has 0 amide bonds. The second kappa shape index (κ2) is 6.43. The maximum atomic E-state index is 12.8. The van der Waals surface area contributed by atoms with Gasteiger partial charge in [-0.3, -0.25) is 9.48 Å². The molecule has 1 aromatic heterocycles. The summed E-state index contributed by atoms with van der Waals surface area (Å²) in [5.74, 6) is 1.07. The molecule has 0 radical (unpaired) electrons. The first-order valence-electron chi connectivity index (χ1n) is 6.91.